The molecular weight excluding hydrogens is 154 g/mol. The summed E-state index contributed by atoms with van der Waals surface area (Å²) in [6.45, 7) is 4.21. The van der Waals surface area contributed by atoms with Gasteiger partial charge in [0.1, 0.15) is 6.04 Å². The van der Waals surface area contributed by atoms with Gasteiger partial charge in [-0.05, 0) is 31.6 Å². The molecule has 0 aromatic rings. The molecule has 2 fully saturated rings. The van der Waals surface area contributed by atoms with Gasteiger partial charge in [0.05, 0.1) is 0 Å². The fourth-order valence-corrected chi connectivity index (χ4v) is 2.88. The van der Waals surface area contributed by atoms with Crippen molar-refractivity contribution in [2.45, 2.75) is 44.7 Å². The van der Waals surface area contributed by atoms with E-state index in [1.54, 1.807) is 0 Å². The highest BCUT2D eigenvalue weighted by Crippen LogP contribution is 2.52. The second kappa shape index (κ2) is 2.02. The lowest BCUT2D eigenvalue weighted by Crippen LogP contribution is -2.50. The van der Waals surface area contributed by atoms with Crippen LogP contribution in [0.1, 0.15) is 33.1 Å². The van der Waals surface area contributed by atoms with E-state index in [2.05, 4.69) is 19.2 Å². The normalized spacial score (nSPS) is 51.3. The number of carboxylic acids is 1. The van der Waals surface area contributed by atoms with Crippen molar-refractivity contribution in [1.29, 1.82) is 0 Å². The Morgan fingerprint density at radius 1 is 1.50 bits per heavy atom. The Morgan fingerprint density at radius 2 is 2.17 bits per heavy atom. The Kier molecular flexibility index (Phi) is 1.35. The molecule has 2 bridgehead atoms. The van der Waals surface area contributed by atoms with Gasteiger partial charge in [0.2, 0.25) is 0 Å². The van der Waals surface area contributed by atoms with E-state index in [4.69, 9.17) is 5.11 Å². The van der Waals surface area contributed by atoms with Gasteiger partial charge in [-0.3, -0.25) is 10.1 Å². The van der Waals surface area contributed by atoms with Crippen molar-refractivity contribution in [3.63, 3.8) is 0 Å². The number of aliphatic carboxylic acids is 1. The number of fused-ring (bicyclic) bond motifs is 2. The molecule has 68 valence electrons. The highest BCUT2D eigenvalue weighted by Gasteiger charge is 2.57. The van der Waals surface area contributed by atoms with E-state index in [0.717, 1.165) is 19.3 Å². The van der Waals surface area contributed by atoms with E-state index in [-0.39, 0.29) is 17.0 Å². The average Bonchev–Trinajstić information content (AvgIpc) is 2.36. The lowest BCUT2D eigenvalue weighted by Gasteiger charge is -2.30. The predicted molar refractivity (Wildman–Crippen MR) is 44.9 cm³/mol. The molecule has 0 unspecified atom stereocenters. The smallest absolute Gasteiger partial charge is 0.321 e. The summed E-state index contributed by atoms with van der Waals surface area (Å²) in [6.07, 6.45) is 3.18. The first kappa shape index (κ1) is 8.05. The van der Waals surface area contributed by atoms with E-state index in [1.807, 2.05) is 0 Å². The van der Waals surface area contributed by atoms with E-state index in [9.17, 15) is 4.79 Å². The maximum atomic E-state index is 10.9. The largest absolute Gasteiger partial charge is 0.480 e. The van der Waals surface area contributed by atoms with Gasteiger partial charge in [0.25, 0.3) is 0 Å². The quantitative estimate of drug-likeness (QED) is 0.615. The van der Waals surface area contributed by atoms with Gasteiger partial charge in [-0.25, -0.2) is 0 Å². The molecule has 0 aromatic heterocycles. The minimum Gasteiger partial charge on any atom is -0.480 e. The zero-order chi connectivity index (χ0) is 8.98. The highest BCUT2D eigenvalue weighted by molar-refractivity contribution is 5.75. The summed E-state index contributed by atoms with van der Waals surface area (Å²) in [5, 5.41) is 12.2. The molecular formula is C9H15NO2. The summed E-state index contributed by atoms with van der Waals surface area (Å²) >= 11 is 0. The van der Waals surface area contributed by atoms with Crippen LogP contribution in [0.25, 0.3) is 0 Å². The third-order valence-electron chi connectivity index (χ3n) is 3.48. The van der Waals surface area contributed by atoms with Crippen molar-refractivity contribution >= 4 is 5.97 Å². The van der Waals surface area contributed by atoms with Gasteiger partial charge in [-0.2, -0.15) is 0 Å². The lowest BCUT2D eigenvalue weighted by atomic mass is 9.82. The Bertz CT molecular complexity index is 241. The molecule has 0 radical (unpaired) electrons. The van der Waals surface area contributed by atoms with Crippen LogP contribution >= 0.6 is 0 Å². The molecule has 1 saturated heterocycles. The zero-order valence-corrected chi connectivity index (χ0v) is 7.55. The second-order valence-electron chi connectivity index (χ2n) is 4.81. The number of piperidine rings is 1. The third-order valence-corrected chi connectivity index (χ3v) is 3.48. The van der Waals surface area contributed by atoms with Crippen molar-refractivity contribution in [3.05, 3.63) is 0 Å². The lowest BCUT2D eigenvalue weighted by molar-refractivity contribution is -0.142. The van der Waals surface area contributed by atoms with Gasteiger partial charge in [0, 0.05) is 5.54 Å². The summed E-state index contributed by atoms with van der Waals surface area (Å²) in [4.78, 5) is 10.9. The van der Waals surface area contributed by atoms with Gasteiger partial charge in [-0.15, -0.1) is 0 Å². The minimum atomic E-state index is -0.694. The van der Waals surface area contributed by atoms with Crippen molar-refractivity contribution in [2.24, 2.45) is 5.41 Å². The molecule has 3 nitrogen and oxygen atoms in total. The fraction of sp³-hybridized carbons (Fsp3) is 0.889. The first-order chi connectivity index (χ1) is 5.45. The zero-order valence-electron chi connectivity index (χ0n) is 7.55. The monoisotopic (exact) mass is 169 g/mol. The first-order valence-electron chi connectivity index (χ1n) is 4.46. The van der Waals surface area contributed by atoms with Gasteiger partial charge in [-0.1, -0.05) is 6.92 Å². The topological polar surface area (TPSA) is 49.3 Å². The number of carboxylic acid groups (broad SMARTS) is 1. The maximum absolute atomic E-state index is 10.9. The molecule has 0 spiro atoms. The summed E-state index contributed by atoms with van der Waals surface area (Å²) < 4.78 is 0. The Morgan fingerprint density at radius 3 is 2.42 bits per heavy atom. The number of hydrogen-bond acceptors (Lipinski definition) is 2. The van der Waals surface area contributed by atoms with Gasteiger partial charge >= 0.3 is 5.97 Å². The molecule has 1 aliphatic heterocycles. The number of nitrogens with one attached hydrogen (secondary N) is 1. The summed E-state index contributed by atoms with van der Waals surface area (Å²) in [5.41, 5.74) is 0.0956. The second-order valence-corrected chi connectivity index (χ2v) is 4.81. The van der Waals surface area contributed by atoms with Crippen molar-refractivity contribution in [1.82, 2.24) is 5.32 Å². The van der Waals surface area contributed by atoms with Crippen LogP contribution in [-0.4, -0.2) is 22.7 Å². The average molecular weight is 169 g/mol. The van der Waals surface area contributed by atoms with Crippen molar-refractivity contribution in [3.8, 4) is 0 Å². The molecule has 2 N–H and O–H groups in total. The standard InChI is InChI=1S/C9H15NO2/c1-8-3-4-9(2,5-8)10-6(8)7(11)12/h6,10H,3-5H2,1-2H3,(H,11,12)/t6-,8+,9-/m0/s1. The molecule has 3 atom stereocenters. The molecule has 3 heteroatoms. The molecule has 12 heavy (non-hydrogen) atoms. The van der Waals surface area contributed by atoms with Gasteiger partial charge in [0.15, 0.2) is 0 Å². The van der Waals surface area contributed by atoms with Crippen LogP contribution in [0.5, 0.6) is 0 Å². The summed E-state index contributed by atoms with van der Waals surface area (Å²) in [7, 11) is 0. The highest BCUT2D eigenvalue weighted by atomic mass is 16.4. The van der Waals surface area contributed by atoms with Crippen LogP contribution in [-0.2, 0) is 4.79 Å². The van der Waals surface area contributed by atoms with Crippen LogP contribution < -0.4 is 5.32 Å². The molecule has 0 amide bonds. The van der Waals surface area contributed by atoms with Crippen LogP contribution in [0.2, 0.25) is 0 Å². The molecule has 1 heterocycles. The van der Waals surface area contributed by atoms with Crippen LogP contribution in [0.3, 0.4) is 0 Å². The van der Waals surface area contributed by atoms with E-state index >= 15 is 0 Å². The van der Waals surface area contributed by atoms with Crippen LogP contribution in [0.4, 0.5) is 0 Å². The first-order valence-corrected chi connectivity index (χ1v) is 4.46. The summed E-state index contributed by atoms with van der Waals surface area (Å²) in [5.74, 6) is -0.694. The van der Waals surface area contributed by atoms with Crippen molar-refractivity contribution in [2.75, 3.05) is 0 Å². The Hall–Kier alpha value is -0.570. The molecule has 2 rings (SSSR count). The van der Waals surface area contributed by atoms with Gasteiger partial charge < -0.3 is 5.11 Å². The molecule has 0 aromatic carbocycles. The molecule has 2 aliphatic rings. The molecule has 1 saturated carbocycles. The van der Waals surface area contributed by atoms with E-state index < -0.39 is 5.97 Å². The number of rotatable bonds is 1. The fourth-order valence-electron chi connectivity index (χ4n) is 2.88. The van der Waals surface area contributed by atoms with E-state index in [1.165, 1.54) is 0 Å². The Balaban J connectivity index is 2.28. The van der Waals surface area contributed by atoms with Crippen LogP contribution in [0, 0.1) is 5.41 Å². The van der Waals surface area contributed by atoms with E-state index in [0.29, 0.717) is 0 Å². The Labute approximate surface area is 72.2 Å². The van der Waals surface area contributed by atoms with Crippen LogP contribution in [0.15, 0.2) is 0 Å². The summed E-state index contributed by atoms with van der Waals surface area (Å²) in [6, 6.07) is -0.323. The van der Waals surface area contributed by atoms with Crippen molar-refractivity contribution < 1.29 is 9.90 Å². The third kappa shape index (κ3) is 0.891. The number of carbonyl (C=O) groups is 1. The predicted octanol–water partition coefficient (Wildman–Crippen LogP) is 0.992. The SMILES string of the molecule is C[C@]12CC[C@](C)(C1)[C@H](C(=O)O)N2. The molecule has 1 aliphatic carbocycles. The minimum absolute atomic E-state index is 0.000579. The maximum Gasteiger partial charge on any atom is 0.321 e. The number of hydrogen-bond donors (Lipinski definition) is 2.